The van der Waals surface area contributed by atoms with Gasteiger partial charge in [-0.2, -0.15) is 4.68 Å². The van der Waals surface area contributed by atoms with E-state index in [-0.39, 0.29) is 17.7 Å². The van der Waals surface area contributed by atoms with Crippen LogP contribution in [0.3, 0.4) is 0 Å². The quantitative estimate of drug-likeness (QED) is 0.881. The van der Waals surface area contributed by atoms with E-state index in [4.69, 9.17) is 4.74 Å². The molecule has 0 saturated carbocycles. The number of ether oxygens (including phenoxy) is 1. The summed E-state index contributed by atoms with van der Waals surface area (Å²) >= 11 is 0. The third-order valence-corrected chi connectivity index (χ3v) is 3.16. The summed E-state index contributed by atoms with van der Waals surface area (Å²) in [5, 5.41) is 23.3. The SMILES string of the molecule is CC(C)Oc1ccccc1[C@H]1C=C(C(=O)O)Nc2nnnn21. The molecule has 0 saturated heterocycles. The van der Waals surface area contributed by atoms with Crippen LogP contribution in [0.2, 0.25) is 0 Å². The number of tetrazole rings is 1. The van der Waals surface area contributed by atoms with Gasteiger partial charge in [-0.05, 0) is 36.4 Å². The molecule has 1 atom stereocenters. The Kier molecular flexibility index (Phi) is 3.50. The fourth-order valence-electron chi connectivity index (χ4n) is 2.29. The molecule has 22 heavy (non-hydrogen) atoms. The highest BCUT2D eigenvalue weighted by Crippen LogP contribution is 2.33. The van der Waals surface area contributed by atoms with Gasteiger partial charge in [0, 0.05) is 5.56 Å². The molecule has 0 radical (unpaired) electrons. The summed E-state index contributed by atoms with van der Waals surface area (Å²) in [4.78, 5) is 11.3. The molecule has 2 heterocycles. The van der Waals surface area contributed by atoms with E-state index in [2.05, 4.69) is 20.8 Å². The predicted octanol–water partition coefficient (Wildman–Crippen LogP) is 1.44. The molecule has 1 aliphatic rings. The van der Waals surface area contributed by atoms with E-state index in [9.17, 15) is 9.90 Å². The number of aliphatic carboxylic acids is 1. The first-order valence-electron chi connectivity index (χ1n) is 6.82. The Labute approximate surface area is 126 Å². The Morgan fingerprint density at radius 3 is 2.91 bits per heavy atom. The minimum absolute atomic E-state index is 0.000804. The minimum atomic E-state index is -1.07. The van der Waals surface area contributed by atoms with Gasteiger partial charge in [0.25, 0.3) is 0 Å². The van der Waals surface area contributed by atoms with Crippen LogP contribution in [0.1, 0.15) is 25.5 Å². The van der Waals surface area contributed by atoms with Crippen LogP contribution < -0.4 is 10.1 Å². The van der Waals surface area contributed by atoms with Crippen molar-refractivity contribution in [2.45, 2.75) is 26.0 Å². The summed E-state index contributed by atoms with van der Waals surface area (Å²) in [6.45, 7) is 3.86. The highest BCUT2D eigenvalue weighted by atomic mass is 16.5. The van der Waals surface area contributed by atoms with Gasteiger partial charge in [0.1, 0.15) is 17.5 Å². The lowest BCUT2D eigenvalue weighted by Gasteiger charge is -2.24. The Balaban J connectivity index is 2.09. The van der Waals surface area contributed by atoms with Crippen molar-refractivity contribution < 1.29 is 14.6 Å². The zero-order valence-corrected chi connectivity index (χ0v) is 12.1. The number of hydrogen-bond donors (Lipinski definition) is 2. The topological polar surface area (TPSA) is 102 Å². The zero-order valence-electron chi connectivity index (χ0n) is 12.1. The van der Waals surface area contributed by atoms with E-state index in [0.717, 1.165) is 5.56 Å². The number of benzene rings is 1. The molecular formula is C14H15N5O3. The van der Waals surface area contributed by atoms with Crippen molar-refractivity contribution in [2.24, 2.45) is 0 Å². The summed E-state index contributed by atoms with van der Waals surface area (Å²) in [6, 6.07) is 6.99. The number of rotatable bonds is 4. The summed E-state index contributed by atoms with van der Waals surface area (Å²) in [7, 11) is 0. The van der Waals surface area contributed by atoms with Gasteiger partial charge in [-0.3, -0.25) is 0 Å². The largest absolute Gasteiger partial charge is 0.491 e. The monoisotopic (exact) mass is 301 g/mol. The fraction of sp³-hybridized carbons (Fsp3) is 0.286. The molecular weight excluding hydrogens is 286 g/mol. The van der Waals surface area contributed by atoms with Gasteiger partial charge in [-0.25, -0.2) is 4.79 Å². The van der Waals surface area contributed by atoms with E-state index in [1.54, 1.807) is 6.08 Å². The van der Waals surface area contributed by atoms with E-state index in [1.165, 1.54) is 4.68 Å². The van der Waals surface area contributed by atoms with Crippen molar-refractivity contribution in [3.8, 4) is 5.75 Å². The molecule has 0 amide bonds. The summed E-state index contributed by atoms with van der Waals surface area (Å²) < 4.78 is 7.33. The highest BCUT2D eigenvalue weighted by molar-refractivity contribution is 5.90. The van der Waals surface area contributed by atoms with Crippen LogP contribution in [-0.2, 0) is 4.79 Å². The number of anilines is 1. The number of fused-ring (bicyclic) bond motifs is 1. The normalized spacial score (nSPS) is 16.7. The van der Waals surface area contributed by atoms with Crippen LogP contribution in [0, 0.1) is 0 Å². The lowest BCUT2D eigenvalue weighted by Crippen LogP contribution is -2.25. The van der Waals surface area contributed by atoms with Gasteiger partial charge in [0.05, 0.1) is 6.10 Å². The van der Waals surface area contributed by atoms with Crippen LogP contribution in [0.25, 0.3) is 0 Å². The third kappa shape index (κ3) is 2.50. The first-order valence-corrected chi connectivity index (χ1v) is 6.82. The van der Waals surface area contributed by atoms with Crippen molar-refractivity contribution >= 4 is 11.9 Å². The van der Waals surface area contributed by atoms with Crippen molar-refractivity contribution in [2.75, 3.05) is 5.32 Å². The number of allylic oxidation sites excluding steroid dienone is 1. The number of nitrogens with one attached hydrogen (secondary N) is 1. The summed E-state index contributed by atoms with van der Waals surface area (Å²) in [6.07, 6.45) is 1.56. The van der Waals surface area contributed by atoms with Crippen LogP contribution in [0.4, 0.5) is 5.95 Å². The van der Waals surface area contributed by atoms with Crippen LogP contribution >= 0.6 is 0 Å². The maximum Gasteiger partial charge on any atom is 0.352 e. The number of hydrogen-bond acceptors (Lipinski definition) is 6. The second-order valence-electron chi connectivity index (χ2n) is 5.11. The first-order chi connectivity index (χ1) is 10.6. The molecule has 8 heteroatoms. The Morgan fingerprint density at radius 1 is 1.41 bits per heavy atom. The molecule has 2 N–H and O–H groups in total. The minimum Gasteiger partial charge on any atom is -0.491 e. The number of carboxylic acids is 1. The van der Waals surface area contributed by atoms with Gasteiger partial charge in [0.2, 0.25) is 5.95 Å². The van der Waals surface area contributed by atoms with Crippen molar-refractivity contribution in [3.63, 3.8) is 0 Å². The maximum absolute atomic E-state index is 11.3. The molecule has 0 bridgehead atoms. The van der Waals surface area contributed by atoms with Crippen molar-refractivity contribution in [1.82, 2.24) is 20.2 Å². The molecule has 8 nitrogen and oxygen atoms in total. The molecule has 1 aromatic carbocycles. The van der Waals surface area contributed by atoms with Gasteiger partial charge in [0.15, 0.2) is 0 Å². The molecule has 114 valence electrons. The zero-order chi connectivity index (χ0) is 15.7. The number of carbonyl (C=O) groups is 1. The molecule has 1 aliphatic heterocycles. The van der Waals surface area contributed by atoms with Gasteiger partial charge in [-0.15, -0.1) is 0 Å². The van der Waals surface area contributed by atoms with E-state index >= 15 is 0 Å². The lowest BCUT2D eigenvalue weighted by molar-refractivity contribution is -0.132. The number of nitrogens with zero attached hydrogens (tertiary/aromatic N) is 4. The predicted molar refractivity (Wildman–Crippen MR) is 77.5 cm³/mol. The van der Waals surface area contributed by atoms with Crippen LogP contribution in [0.15, 0.2) is 36.0 Å². The first kappa shape index (κ1) is 14.1. The Bertz CT molecular complexity index is 738. The number of para-hydroxylation sites is 1. The van der Waals surface area contributed by atoms with E-state index < -0.39 is 12.0 Å². The molecule has 2 aromatic rings. The van der Waals surface area contributed by atoms with Crippen molar-refractivity contribution in [3.05, 3.63) is 41.6 Å². The summed E-state index contributed by atoms with van der Waals surface area (Å²) in [5.74, 6) is -0.113. The Hall–Kier alpha value is -2.90. The van der Waals surface area contributed by atoms with Crippen molar-refractivity contribution in [1.29, 1.82) is 0 Å². The third-order valence-electron chi connectivity index (χ3n) is 3.16. The number of carboxylic acid groups (broad SMARTS) is 1. The van der Waals surface area contributed by atoms with Crippen LogP contribution in [-0.4, -0.2) is 37.4 Å². The average molecular weight is 301 g/mol. The number of aromatic nitrogens is 4. The second kappa shape index (κ2) is 5.47. The highest BCUT2D eigenvalue weighted by Gasteiger charge is 2.28. The average Bonchev–Trinajstić information content (AvgIpc) is 2.94. The molecule has 3 rings (SSSR count). The standard InChI is InChI=1S/C14H15N5O3/c1-8(2)22-12-6-4-3-5-9(12)11-7-10(13(20)21)15-14-16-17-18-19(11)14/h3-8,11H,1-2H3,(H,20,21)(H,15,16,18)/t11-/m1/s1. The lowest BCUT2D eigenvalue weighted by atomic mass is 10.0. The Morgan fingerprint density at radius 2 is 2.18 bits per heavy atom. The van der Waals surface area contributed by atoms with Gasteiger partial charge in [-0.1, -0.05) is 23.3 Å². The molecule has 0 fully saturated rings. The fourth-order valence-corrected chi connectivity index (χ4v) is 2.29. The van der Waals surface area contributed by atoms with Crippen LogP contribution in [0.5, 0.6) is 5.75 Å². The summed E-state index contributed by atoms with van der Waals surface area (Å²) in [5.41, 5.74) is 0.830. The molecule has 0 aliphatic carbocycles. The smallest absolute Gasteiger partial charge is 0.352 e. The molecule has 0 unspecified atom stereocenters. The van der Waals surface area contributed by atoms with E-state index in [0.29, 0.717) is 5.75 Å². The van der Waals surface area contributed by atoms with E-state index in [1.807, 2.05) is 38.1 Å². The second-order valence-corrected chi connectivity index (χ2v) is 5.11. The maximum atomic E-state index is 11.3. The van der Waals surface area contributed by atoms with Gasteiger partial charge < -0.3 is 15.2 Å². The molecule has 0 spiro atoms. The molecule has 1 aromatic heterocycles. The van der Waals surface area contributed by atoms with Gasteiger partial charge >= 0.3 is 5.97 Å².